The summed E-state index contributed by atoms with van der Waals surface area (Å²) in [5.41, 5.74) is 2.60. The third-order valence-corrected chi connectivity index (χ3v) is 0.905. The molecule has 0 aromatic rings. The van der Waals surface area contributed by atoms with Gasteiger partial charge >= 0.3 is 5.97 Å². The lowest BCUT2D eigenvalue weighted by Crippen LogP contribution is -2.19. The van der Waals surface area contributed by atoms with Gasteiger partial charge in [0, 0.05) is 6.54 Å². The normalized spacial score (nSPS) is 9.40. The molecule has 0 rings (SSSR count). The van der Waals surface area contributed by atoms with E-state index in [1.165, 1.54) is 7.11 Å². The van der Waals surface area contributed by atoms with E-state index in [2.05, 4.69) is 10.2 Å². The Balaban J connectivity index is 2.96. The van der Waals surface area contributed by atoms with Crippen molar-refractivity contribution in [1.29, 1.82) is 0 Å². The minimum atomic E-state index is -0.229. The fourth-order valence-electron chi connectivity index (χ4n) is 0.429. The van der Waals surface area contributed by atoms with Crippen LogP contribution in [-0.4, -0.2) is 26.2 Å². The Hall–Kier alpha value is -0.610. The summed E-state index contributed by atoms with van der Waals surface area (Å²) in [6.45, 7) is 2.97. The van der Waals surface area contributed by atoms with Gasteiger partial charge in [0.2, 0.25) is 0 Å². The number of hydrogen-bond acceptors (Lipinski definition) is 4. The quantitative estimate of drug-likeness (QED) is 0.340. The molecule has 0 aliphatic heterocycles. The molecule has 0 aromatic heterocycles. The summed E-state index contributed by atoms with van der Waals surface area (Å²) in [7, 11) is 1.36. The largest absolute Gasteiger partial charge is 0.469 e. The first-order valence-electron chi connectivity index (χ1n) is 3.22. The molecule has 0 amide bonds. The van der Waals surface area contributed by atoms with E-state index in [-0.39, 0.29) is 5.97 Å². The first-order valence-corrected chi connectivity index (χ1v) is 3.22. The summed E-state index contributed by atoms with van der Waals surface area (Å²) < 4.78 is 4.40. The van der Waals surface area contributed by atoms with Crippen molar-refractivity contribution >= 4 is 5.97 Å². The summed E-state index contributed by atoms with van der Waals surface area (Å²) in [4.78, 5) is 15.2. The van der Waals surface area contributed by atoms with E-state index >= 15 is 0 Å². The second-order valence-corrected chi connectivity index (χ2v) is 1.65. The third-order valence-electron chi connectivity index (χ3n) is 0.905. The molecule has 4 nitrogen and oxygen atoms in total. The van der Waals surface area contributed by atoms with Crippen LogP contribution < -0.4 is 5.48 Å². The molecule has 60 valence electrons. The SMILES string of the molecule is CCONCCC(=O)OC. The zero-order valence-corrected chi connectivity index (χ0v) is 6.35. The molecule has 0 fully saturated rings. The van der Waals surface area contributed by atoms with Crippen LogP contribution in [0.2, 0.25) is 0 Å². The minimum Gasteiger partial charge on any atom is -0.469 e. The Morgan fingerprint density at radius 2 is 2.30 bits per heavy atom. The van der Waals surface area contributed by atoms with E-state index in [0.717, 1.165) is 0 Å². The predicted molar refractivity (Wildman–Crippen MR) is 36.3 cm³/mol. The monoisotopic (exact) mass is 147 g/mol. The van der Waals surface area contributed by atoms with Gasteiger partial charge in [-0.25, -0.2) is 5.48 Å². The molecule has 0 aliphatic rings. The molecular formula is C6H13NO3. The van der Waals surface area contributed by atoms with E-state index in [4.69, 9.17) is 4.84 Å². The van der Waals surface area contributed by atoms with Gasteiger partial charge in [-0.2, -0.15) is 0 Å². The maximum Gasteiger partial charge on any atom is 0.306 e. The molecule has 0 bridgehead atoms. The molecule has 0 unspecified atom stereocenters. The summed E-state index contributed by atoms with van der Waals surface area (Å²) >= 11 is 0. The molecule has 0 aliphatic carbocycles. The van der Waals surface area contributed by atoms with Crippen molar-refractivity contribution in [2.24, 2.45) is 0 Å². The van der Waals surface area contributed by atoms with Crippen molar-refractivity contribution in [3.8, 4) is 0 Å². The van der Waals surface area contributed by atoms with Crippen LogP contribution in [0.15, 0.2) is 0 Å². The van der Waals surface area contributed by atoms with Crippen LogP contribution in [0, 0.1) is 0 Å². The fraction of sp³-hybridized carbons (Fsp3) is 0.833. The molecule has 0 radical (unpaired) electrons. The number of nitrogens with one attached hydrogen (secondary N) is 1. The van der Waals surface area contributed by atoms with Crippen LogP contribution in [-0.2, 0) is 14.4 Å². The summed E-state index contributed by atoms with van der Waals surface area (Å²) in [5, 5.41) is 0. The Bertz CT molecular complexity index is 95.0. The van der Waals surface area contributed by atoms with Crippen molar-refractivity contribution in [2.75, 3.05) is 20.3 Å². The maximum absolute atomic E-state index is 10.5. The topological polar surface area (TPSA) is 47.6 Å². The molecule has 0 heterocycles. The van der Waals surface area contributed by atoms with Crippen LogP contribution in [0.25, 0.3) is 0 Å². The first-order chi connectivity index (χ1) is 4.81. The average Bonchev–Trinajstić information content (AvgIpc) is 1.98. The molecule has 1 N–H and O–H groups in total. The van der Waals surface area contributed by atoms with E-state index < -0.39 is 0 Å². The predicted octanol–water partition coefficient (Wildman–Crippen LogP) is 0.0906. The van der Waals surface area contributed by atoms with Crippen LogP contribution >= 0.6 is 0 Å². The van der Waals surface area contributed by atoms with Gasteiger partial charge in [0.25, 0.3) is 0 Å². The molecule has 0 aromatic carbocycles. The molecular weight excluding hydrogens is 134 g/mol. The van der Waals surface area contributed by atoms with Gasteiger partial charge in [-0.05, 0) is 6.92 Å². The minimum absolute atomic E-state index is 0.229. The summed E-state index contributed by atoms with van der Waals surface area (Å²) in [6.07, 6.45) is 0.344. The highest BCUT2D eigenvalue weighted by Gasteiger charge is 1.96. The van der Waals surface area contributed by atoms with Gasteiger partial charge in [-0.1, -0.05) is 0 Å². The van der Waals surface area contributed by atoms with E-state index in [9.17, 15) is 4.79 Å². The van der Waals surface area contributed by atoms with Crippen LogP contribution in [0.1, 0.15) is 13.3 Å². The molecule has 4 heteroatoms. The van der Waals surface area contributed by atoms with Crippen molar-refractivity contribution in [3.63, 3.8) is 0 Å². The number of ether oxygens (including phenoxy) is 1. The van der Waals surface area contributed by atoms with Gasteiger partial charge in [-0.15, -0.1) is 0 Å². The number of carbonyl (C=O) groups is 1. The molecule has 0 spiro atoms. The fourth-order valence-corrected chi connectivity index (χ4v) is 0.429. The maximum atomic E-state index is 10.5. The first kappa shape index (κ1) is 9.39. The lowest BCUT2D eigenvalue weighted by molar-refractivity contribution is -0.141. The standard InChI is InChI=1S/C6H13NO3/c1-3-10-7-5-4-6(8)9-2/h7H,3-5H2,1-2H3. The Kier molecular flexibility index (Phi) is 6.11. The zero-order chi connectivity index (χ0) is 7.82. The van der Waals surface area contributed by atoms with Crippen molar-refractivity contribution in [1.82, 2.24) is 5.48 Å². The van der Waals surface area contributed by atoms with Gasteiger partial charge in [0.15, 0.2) is 0 Å². The van der Waals surface area contributed by atoms with Crippen molar-refractivity contribution in [2.45, 2.75) is 13.3 Å². The van der Waals surface area contributed by atoms with Gasteiger partial charge in [0.1, 0.15) is 0 Å². The van der Waals surface area contributed by atoms with Gasteiger partial charge < -0.3 is 9.57 Å². The Morgan fingerprint density at radius 1 is 1.60 bits per heavy atom. The number of carbonyl (C=O) groups excluding carboxylic acids is 1. The number of rotatable bonds is 5. The van der Waals surface area contributed by atoms with E-state index in [1.54, 1.807) is 0 Å². The van der Waals surface area contributed by atoms with E-state index in [1.807, 2.05) is 6.92 Å². The molecule has 0 saturated carbocycles. The van der Waals surface area contributed by atoms with Gasteiger partial charge in [-0.3, -0.25) is 4.79 Å². The zero-order valence-electron chi connectivity index (χ0n) is 6.35. The lowest BCUT2D eigenvalue weighted by Gasteiger charge is -2.00. The van der Waals surface area contributed by atoms with Crippen LogP contribution in [0.3, 0.4) is 0 Å². The van der Waals surface area contributed by atoms with Gasteiger partial charge in [0.05, 0.1) is 20.1 Å². The van der Waals surface area contributed by atoms with Crippen LogP contribution in [0.5, 0.6) is 0 Å². The Labute approximate surface area is 60.5 Å². The highest BCUT2D eigenvalue weighted by atomic mass is 16.6. The molecule has 0 atom stereocenters. The summed E-state index contributed by atoms with van der Waals surface area (Å²) in [5.74, 6) is -0.229. The number of esters is 1. The lowest BCUT2D eigenvalue weighted by atomic mass is 10.4. The van der Waals surface area contributed by atoms with Crippen LogP contribution in [0.4, 0.5) is 0 Å². The highest BCUT2D eigenvalue weighted by Crippen LogP contribution is 1.80. The molecule has 0 saturated heterocycles. The van der Waals surface area contributed by atoms with E-state index in [0.29, 0.717) is 19.6 Å². The number of methoxy groups -OCH3 is 1. The number of hydrogen-bond donors (Lipinski definition) is 1. The Morgan fingerprint density at radius 3 is 2.80 bits per heavy atom. The average molecular weight is 147 g/mol. The van der Waals surface area contributed by atoms with Crippen molar-refractivity contribution in [3.05, 3.63) is 0 Å². The van der Waals surface area contributed by atoms with Crippen molar-refractivity contribution < 1.29 is 14.4 Å². The third kappa shape index (κ3) is 5.53. The smallest absolute Gasteiger partial charge is 0.306 e. The molecule has 10 heavy (non-hydrogen) atoms. The second-order valence-electron chi connectivity index (χ2n) is 1.65. The summed E-state index contributed by atoms with van der Waals surface area (Å²) in [6, 6.07) is 0. The second kappa shape index (κ2) is 6.51. The highest BCUT2D eigenvalue weighted by molar-refractivity contribution is 5.69. The number of hydroxylamine groups is 1.